The maximum absolute atomic E-state index is 13.8. The molecule has 0 aromatic heterocycles. The zero-order valence-corrected chi connectivity index (χ0v) is 24.5. The van der Waals surface area contributed by atoms with Crippen LogP contribution in [0.3, 0.4) is 0 Å². The minimum Gasteiger partial charge on any atom is -0.354 e. The second kappa shape index (κ2) is 13.6. The maximum Gasteiger partial charge on any atom is 0.417 e. The number of carbonyl (C=O) groups excluding carboxylic acids is 2. The fourth-order valence-corrected chi connectivity index (χ4v) is 5.77. The van der Waals surface area contributed by atoms with E-state index in [0.29, 0.717) is 33.9 Å². The Labute approximate surface area is 246 Å². The number of halogens is 5. The number of alkyl halides is 3. The Hall–Kier alpha value is -3.28. The van der Waals surface area contributed by atoms with Gasteiger partial charge in [0.1, 0.15) is 12.6 Å². The van der Waals surface area contributed by atoms with Gasteiger partial charge < -0.3 is 10.2 Å². The topological polar surface area (TPSA) is 86.8 Å². The molecule has 0 heterocycles. The number of nitrogens with one attached hydrogen (secondary N) is 1. The molecule has 0 saturated carbocycles. The van der Waals surface area contributed by atoms with E-state index in [1.54, 1.807) is 30.3 Å². The molecule has 0 aliphatic heterocycles. The van der Waals surface area contributed by atoms with Crippen LogP contribution in [0.25, 0.3) is 0 Å². The van der Waals surface area contributed by atoms with Gasteiger partial charge in [-0.25, -0.2) is 8.42 Å². The third-order valence-electron chi connectivity index (χ3n) is 6.17. The van der Waals surface area contributed by atoms with Crippen molar-refractivity contribution in [3.8, 4) is 0 Å². The van der Waals surface area contributed by atoms with Crippen LogP contribution in [0, 0.1) is 0 Å². The Bertz CT molecular complexity index is 1490. The molecule has 13 heteroatoms. The molecule has 0 radical (unpaired) electrons. The summed E-state index contributed by atoms with van der Waals surface area (Å²) >= 11 is 12.1. The predicted molar refractivity (Wildman–Crippen MR) is 152 cm³/mol. The van der Waals surface area contributed by atoms with E-state index in [1.165, 1.54) is 31.2 Å². The van der Waals surface area contributed by atoms with Crippen LogP contribution in [0.5, 0.6) is 0 Å². The Balaban J connectivity index is 2.11. The summed E-state index contributed by atoms with van der Waals surface area (Å²) in [5.74, 6) is -1.33. The molecule has 3 aromatic rings. The average Bonchev–Trinajstić information content (AvgIpc) is 2.93. The first kappa shape index (κ1) is 32.2. The molecule has 3 rings (SSSR count). The highest BCUT2D eigenvalue weighted by atomic mass is 35.5. The number of amides is 2. The van der Waals surface area contributed by atoms with E-state index in [9.17, 15) is 31.2 Å². The first-order chi connectivity index (χ1) is 19.3. The van der Waals surface area contributed by atoms with E-state index in [1.807, 2.05) is 6.92 Å². The van der Waals surface area contributed by atoms with Crippen molar-refractivity contribution >= 4 is 50.7 Å². The van der Waals surface area contributed by atoms with Crippen LogP contribution in [0.1, 0.15) is 31.4 Å². The van der Waals surface area contributed by atoms with Gasteiger partial charge >= 0.3 is 6.18 Å². The number of anilines is 1. The van der Waals surface area contributed by atoms with Gasteiger partial charge in [0.15, 0.2) is 0 Å². The van der Waals surface area contributed by atoms with Crippen molar-refractivity contribution in [2.75, 3.05) is 17.4 Å². The number of nitrogens with zero attached hydrogens (tertiary/aromatic N) is 2. The molecule has 0 unspecified atom stereocenters. The maximum atomic E-state index is 13.8. The van der Waals surface area contributed by atoms with Crippen LogP contribution in [0.15, 0.2) is 77.7 Å². The van der Waals surface area contributed by atoms with Crippen molar-refractivity contribution in [1.29, 1.82) is 0 Å². The Kier molecular flexibility index (Phi) is 10.7. The molecule has 3 aromatic carbocycles. The molecule has 220 valence electrons. The van der Waals surface area contributed by atoms with Crippen molar-refractivity contribution in [2.45, 2.75) is 43.9 Å². The van der Waals surface area contributed by atoms with E-state index in [2.05, 4.69) is 5.32 Å². The van der Waals surface area contributed by atoms with Gasteiger partial charge in [-0.1, -0.05) is 66.5 Å². The lowest BCUT2D eigenvalue weighted by Crippen LogP contribution is -2.51. The number of hydrogen-bond acceptors (Lipinski definition) is 4. The molecule has 7 nitrogen and oxygen atoms in total. The van der Waals surface area contributed by atoms with Gasteiger partial charge in [-0.05, 0) is 55.3 Å². The standard InChI is InChI=1S/C28H28Cl2F3N3O4S/c1-3-15-34-27(38)19(2)35(17-20-9-7-8-12-24(20)29)26(37)18-36(41(39,40)22-10-5-4-6-11-22)21-13-14-25(30)23(16-21)28(31,32)33/h4-14,16,19H,3,15,17-18H2,1-2H3,(H,34,38)/t19-/m0/s1. The lowest BCUT2D eigenvalue weighted by atomic mass is 10.1. The van der Waals surface area contributed by atoms with Crippen LogP contribution in [0.4, 0.5) is 18.9 Å². The zero-order valence-electron chi connectivity index (χ0n) is 22.2. The second-order valence-corrected chi connectivity index (χ2v) is 11.7. The van der Waals surface area contributed by atoms with Crippen molar-refractivity contribution < 1.29 is 31.2 Å². The minimum atomic E-state index is -4.89. The summed E-state index contributed by atoms with van der Waals surface area (Å²) in [5.41, 5.74) is -1.21. The Morgan fingerprint density at radius 1 is 0.951 bits per heavy atom. The lowest BCUT2D eigenvalue weighted by molar-refractivity contribution is -0.139. The number of benzene rings is 3. The van der Waals surface area contributed by atoms with E-state index in [0.717, 1.165) is 17.0 Å². The first-order valence-corrected chi connectivity index (χ1v) is 14.7. The van der Waals surface area contributed by atoms with Gasteiger partial charge in [0.05, 0.1) is 21.2 Å². The van der Waals surface area contributed by atoms with Gasteiger partial charge in [0.2, 0.25) is 11.8 Å². The average molecular weight is 631 g/mol. The summed E-state index contributed by atoms with van der Waals surface area (Å²) in [5, 5.41) is 2.38. The zero-order chi connectivity index (χ0) is 30.4. The number of rotatable bonds is 11. The molecule has 0 aliphatic rings. The molecule has 0 saturated heterocycles. The highest BCUT2D eigenvalue weighted by Crippen LogP contribution is 2.38. The Morgan fingerprint density at radius 3 is 2.20 bits per heavy atom. The summed E-state index contributed by atoms with van der Waals surface area (Å²) < 4.78 is 69.1. The summed E-state index contributed by atoms with van der Waals surface area (Å²) in [6.07, 6.45) is -4.25. The van der Waals surface area contributed by atoms with E-state index < -0.39 is 56.9 Å². The van der Waals surface area contributed by atoms with Gasteiger partial charge in [-0.3, -0.25) is 13.9 Å². The van der Waals surface area contributed by atoms with Crippen molar-refractivity contribution in [3.63, 3.8) is 0 Å². The predicted octanol–water partition coefficient (Wildman–Crippen LogP) is 6.15. The number of hydrogen-bond donors (Lipinski definition) is 1. The van der Waals surface area contributed by atoms with Crippen molar-refractivity contribution in [1.82, 2.24) is 10.2 Å². The highest BCUT2D eigenvalue weighted by molar-refractivity contribution is 7.92. The van der Waals surface area contributed by atoms with E-state index >= 15 is 0 Å². The van der Waals surface area contributed by atoms with E-state index in [-0.39, 0.29) is 11.4 Å². The van der Waals surface area contributed by atoms with Crippen LogP contribution in [-0.4, -0.2) is 44.3 Å². The minimum absolute atomic E-state index is 0.160. The largest absolute Gasteiger partial charge is 0.417 e. The van der Waals surface area contributed by atoms with Crippen molar-refractivity contribution in [3.05, 3.63) is 94.0 Å². The Morgan fingerprint density at radius 2 is 1.59 bits per heavy atom. The number of carbonyl (C=O) groups is 2. The van der Waals surface area contributed by atoms with Crippen LogP contribution in [-0.2, 0) is 32.3 Å². The normalized spacial score (nSPS) is 12.5. The molecule has 0 spiro atoms. The van der Waals surface area contributed by atoms with Crippen LogP contribution in [0.2, 0.25) is 10.0 Å². The highest BCUT2D eigenvalue weighted by Gasteiger charge is 2.37. The quantitative estimate of drug-likeness (QED) is 0.276. The van der Waals surface area contributed by atoms with Gasteiger partial charge in [0.25, 0.3) is 10.0 Å². The van der Waals surface area contributed by atoms with Gasteiger partial charge in [-0.2, -0.15) is 13.2 Å². The van der Waals surface area contributed by atoms with Crippen molar-refractivity contribution in [2.24, 2.45) is 0 Å². The molecule has 1 atom stereocenters. The first-order valence-electron chi connectivity index (χ1n) is 12.5. The molecule has 41 heavy (non-hydrogen) atoms. The van der Waals surface area contributed by atoms with Gasteiger partial charge in [-0.15, -0.1) is 0 Å². The fraction of sp³-hybridized carbons (Fsp3) is 0.286. The summed E-state index contributed by atoms with van der Waals surface area (Å²) in [6, 6.07) is 15.1. The summed E-state index contributed by atoms with van der Waals surface area (Å²) in [4.78, 5) is 27.6. The molecule has 0 aliphatic carbocycles. The lowest BCUT2D eigenvalue weighted by Gasteiger charge is -2.32. The summed E-state index contributed by atoms with van der Waals surface area (Å²) in [6.45, 7) is 2.60. The molecule has 0 fully saturated rings. The third kappa shape index (κ3) is 7.93. The molecule has 2 amide bonds. The monoisotopic (exact) mass is 629 g/mol. The summed E-state index contributed by atoms with van der Waals surface area (Å²) in [7, 11) is -4.55. The third-order valence-corrected chi connectivity index (χ3v) is 8.65. The SMILES string of the molecule is CCCNC(=O)[C@H](C)N(Cc1ccccc1Cl)C(=O)CN(c1ccc(Cl)c(C(F)(F)F)c1)S(=O)(=O)c1ccccc1. The van der Waals surface area contributed by atoms with E-state index in [4.69, 9.17) is 23.2 Å². The van der Waals surface area contributed by atoms with Gasteiger partial charge in [0, 0.05) is 18.1 Å². The fourth-order valence-electron chi connectivity index (χ4n) is 3.92. The second-order valence-electron chi connectivity index (χ2n) is 9.07. The van der Waals surface area contributed by atoms with Crippen LogP contribution < -0.4 is 9.62 Å². The smallest absolute Gasteiger partial charge is 0.354 e. The molecule has 1 N–H and O–H groups in total. The molecular weight excluding hydrogens is 602 g/mol. The molecular formula is C28H28Cl2F3N3O4S. The number of sulfonamides is 1. The molecule has 0 bridgehead atoms. The van der Waals surface area contributed by atoms with Crippen LogP contribution >= 0.6 is 23.2 Å².